The van der Waals surface area contributed by atoms with Crippen LogP contribution in [0.4, 0.5) is 0 Å². The quantitative estimate of drug-likeness (QED) is 0.649. The minimum atomic E-state index is -0.0239. The topological polar surface area (TPSA) is 58.8 Å². The van der Waals surface area contributed by atoms with Crippen LogP contribution in [0.5, 0.6) is 0 Å². The Morgan fingerprint density at radius 3 is 2.86 bits per heavy atom. The van der Waals surface area contributed by atoms with Gasteiger partial charge in [-0.1, -0.05) is 0 Å². The van der Waals surface area contributed by atoms with Gasteiger partial charge in [0.1, 0.15) is 5.76 Å². The highest BCUT2D eigenvalue weighted by atomic mass is 16.5. The van der Waals surface area contributed by atoms with E-state index < -0.39 is 0 Å². The van der Waals surface area contributed by atoms with Crippen molar-refractivity contribution in [2.45, 2.75) is 58.1 Å². The van der Waals surface area contributed by atoms with E-state index in [1.165, 1.54) is 12.8 Å². The number of rotatable bonds is 5. The molecule has 5 heteroatoms. The number of hydrogen-bond donors (Lipinski definition) is 2. The maximum Gasteiger partial charge on any atom is 0.191 e. The average Bonchev–Trinajstić information content (AvgIpc) is 2.97. The zero-order chi connectivity index (χ0) is 15.8. The van der Waals surface area contributed by atoms with Gasteiger partial charge in [0.05, 0.1) is 18.9 Å². The zero-order valence-electron chi connectivity index (χ0n) is 14.0. The van der Waals surface area contributed by atoms with Crippen LogP contribution < -0.4 is 10.6 Å². The second kappa shape index (κ2) is 8.22. The molecule has 0 aromatic carbocycles. The van der Waals surface area contributed by atoms with Crippen LogP contribution in [-0.4, -0.2) is 37.3 Å². The summed E-state index contributed by atoms with van der Waals surface area (Å²) in [5.74, 6) is 1.83. The van der Waals surface area contributed by atoms with Gasteiger partial charge in [-0.05, 0) is 52.2 Å². The Morgan fingerprint density at radius 1 is 1.36 bits per heavy atom. The molecule has 1 aromatic rings. The van der Waals surface area contributed by atoms with E-state index >= 15 is 0 Å². The number of nitrogens with one attached hydrogen (secondary N) is 2. The lowest BCUT2D eigenvalue weighted by atomic mass is 10.1. The Bertz CT molecular complexity index is 443. The maximum atomic E-state index is 5.74. The predicted octanol–water partition coefficient (Wildman–Crippen LogP) is 2.72. The summed E-state index contributed by atoms with van der Waals surface area (Å²) in [4.78, 5) is 4.69. The third kappa shape index (κ3) is 6.52. The van der Waals surface area contributed by atoms with Crippen LogP contribution in [0.25, 0.3) is 0 Å². The fourth-order valence-electron chi connectivity index (χ4n) is 2.40. The van der Waals surface area contributed by atoms with Crippen LogP contribution >= 0.6 is 0 Å². The van der Waals surface area contributed by atoms with Gasteiger partial charge in [-0.15, -0.1) is 0 Å². The Labute approximate surface area is 133 Å². The summed E-state index contributed by atoms with van der Waals surface area (Å²) in [6.07, 6.45) is 6.34. The lowest BCUT2D eigenvalue weighted by Crippen LogP contribution is -2.48. The van der Waals surface area contributed by atoms with Crippen molar-refractivity contribution in [3.05, 3.63) is 24.2 Å². The van der Waals surface area contributed by atoms with Gasteiger partial charge >= 0.3 is 0 Å². The van der Waals surface area contributed by atoms with Gasteiger partial charge in [-0.25, -0.2) is 0 Å². The van der Waals surface area contributed by atoms with Crippen molar-refractivity contribution in [3.63, 3.8) is 0 Å². The molecule has 0 aliphatic carbocycles. The fourth-order valence-corrected chi connectivity index (χ4v) is 2.40. The summed E-state index contributed by atoms with van der Waals surface area (Å²) in [6, 6.07) is 3.91. The molecule has 5 nitrogen and oxygen atoms in total. The third-order valence-corrected chi connectivity index (χ3v) is 3.46. The maximum absolute atomic E-state index is 5.74. The molecule has 1 atom stereocenters. The highest BCUT2D eigenvalue weighted by Gasteiger charge is 2.15. The first-order valence-corrected chi connectivity index (χ1v) is 8.23. The molecular weight excluding hydrogens is 278 g/mol. The van der Waals surface area contributed by atoms with E-state index in [4.69, 9.17) is 14.1 Å². The largest absolute Gasteiger partial charge is 0.469 e. The Kier molecular flexibility index (Phi) is 6.31. The summed E-state index contributed by atoms with van der Waals surface area (Å²) in [7, 11) is 0. The third-order valence-electron chi connectivity index (χ3n) is 3.46. The molecule has 0 amide bonds. The van der Waals surface area contributed by atoms with Crippen molar-refractivity contribution in [3.8, 4) is 0 Å². The molecule has 0 spiro atoms. The van der Waals surface area contributed by atoms with Crippen LogP contribution in [-0.2, 0) is 11.2 Å². The van der Waals surface area contributed by atoms with E-state index in [2.05, 4.69) is 31.4 Å². The molecule has 2 N–H and O–H groups in total. The SMILES string of the molecule is CC(C)(C)NC(=NCC1CCCCO1)NCCc1ccco1. The van der Waals surface area contributed by atoms with Gasteiger partial charge < -0.3 is 19.8 Å². The minimum Gasteiger partial charge on any atom is -0.469 e. The molecule has 1 unspecified atom stereocenters. The second-order valence-corrected chi connectivity index (χ2v) is 6.81. The standard InChI is InChI=1S/C17H29N3O2/c1-17(2,3)20-16(18-10-9-14-8-6-12-21-14)19-13-15-7-4-5-11-22-15/h6,8,12,15H,4-5,7,9-11,13H2,1-3H3,(H2,18,19,20). The molecule has 2 rings (SSSR count). The second-order valence-electron chi connectivity index (χ2n) is 6.81. The minimum absolute atomic E-state index is 0.0239. The van der Waals surface area contributed by atoms with Crippen molar-refractivity contribution in [1.29, 1.82) is 0 Å². The first-order chi connectivity index (χ1) is 10.5. The van der Waals surface area contributed by atoms with Crippen LogP contribution in [0.1, 0.15) is 45.8 Å². The summed E-state index contributed by atoms with van der Waals surface area (Å²) in [5.41, 5.74) is -0.0239. The monoisotopic (exact) mass is 307 g/mol. The molecule has 0 bridgehead atoms. The van der Waals surface area contributed by atoms with Crippen molar-refractivity contribution < 1.29 is 9.15 Å². The first-order valence-electron chi connectivity index (χ1n) is 8.23. The number of aliphatic imine (C=N–C) groups is 1. The van der Waals surface area contributed by atoms with E-state index in [0.717, 1.165) is 37.7 Å². The Hall–Kier alpha value is -1.49. The number of hydrogen-bond acceptors (Lipinski definition) is 3. The molecule has 1 aliphatic heterocycles. The average molecular weight is 307 g/mol. The van der Waals surface area contributed by atoms with Crippen LogP contribution in [0.2, 0.25) is 0 Å². The summed E-state index contributed by atoms with van der Waals surface area (Å²) in [5, 5.41) is 6.81. The molecule has 1 aromatic heterocycles. The normalized spacial score (nSPS) is 20.0. The van der Waals surface area contributed by atoms with Gasteiger partial charge in [0.25, 0.3) is 0 Å². The molecule has 2 heterocycles. The van der Waals surface area contributed by atoms with E-state index in [0.29, 0.717) is 6.54 Å². The Balaban J connectivity index is 1.83. The van der Waals surface area contributed by atoms with E-state index in [1.807, 2.05) is 12.1 Å². The molecule has 0 radical (unpaired) electrons. The van der Waals surface area contributed by atoms with Crippen LogP contribution in [0, 0.1) is 0 Å². The number of nitrogens with zero attached hydrogens (tertiary/aromatic N) is 1. The smallest absolute Gasteiger partial charge is 0.191 e. The summed E-state index contributed by atoms with van der Waals surface area (Å²) in [6.45, 7) is 8.77. The van der Waals surface area contributed by atoms with E-state index in [9.17, 15) is 0 Å². The molecule has 124 valence electrons. The predicted molar refractivity (Wildman–Crippen MR) is 89.2 cm³/mol. The van der Waals surface area contributed by atoms with E-state index in [1.54, 1.807) is 6.26 Å². The molecule has 1 saturated heterocycles. The summed E-state index contributed by atoms with van der Waals surface area (Å²) < 4.78 is 11.1. The van der Waals surface area contributed by atoms with Gasteiger partial charge in [0.2, 0.25) is 0 Å². The number of ether oxygens (including phenoxy) is 1. The summed E-state index contributed by atoms with van der Waals surface area (Å²) >= 11 is 0. The van der Waals surface area contributed by atoms with Gasteiger partial charge in [0.15, 0.2) is 5.96 Å². The highest BCUT2D eigenvalue weighted by Crippen LogP contribution is 2.12. The lowest BCUT2D eigenvalue weighted by molar-refractivity contribution is 0.0224. The van der Waals surface area contributed by atoms with Crippen molar-refractivity contribution in [1.82, 2.24) is 10.6 Å². The van der Waals surface area contributed by atoms with Crippen molar-refractivity contribution in [2.75, 3.05) is 19.7 Å². The Morgan fingerprint density at radius 2 is 2.23 bits per heavy atom. The number of guanidine groups is 1. The van der Waals surface area contributed by atoms with Crippen molar-refractivity contribution in [2.24, 2.45) is 4.99 Å². The molecular formula is C17H29N3O2. The van der Waals surface area contributed by atoms with Crippen LogP contribution in [0.3, 0.4) is 0 Å². The molecule has 0 saturated carbocycles. The highest BCUT2D eigenvalue weighted by molar-refractivity contribution is 5.80. The van der Waals surface area contributed by atoms with Crippen molar-refractivity contribution >= 4 is 5.96 Å². The van der Waals surface area contributed by atoms with Gasteiger partial charge in [-0.3, -0.25) is 4.99 Å². The molecule has 1 fully saturated rings. The van der Waals surface area contributed by atoms with Gasteiger partial charge in [0, 0.05) is 25.1 Å². The van der Waals surface area contributed by atoms with Gasteiger partial charge in [-0.2, -0.15) is 0 Å². The first kappa shape index (κ1) is 16.9. The van der Waals surface area contributed by atoms with E-state index in [-0.39, 0.29) is 11.6 Å². The lowest BCUT2D eigenvalue weighted by Gasteiger charge is -2.25. The molecule has 1 aliphatic rings. The van der Waals surface area contributed by atoms with Crippen LogP contribution in [0.15, 0.2) is 27.8 Å². The fraction of sp³-hybridized carbons (Fsp3) is 0.706. The zero-order valence-corrected chi connectivity index (χ0v) is 14.0. The number of furan rings is 1. The molecule has 22 heavy (non-hydrogen) atoms.